The molecule has 0 aliphatic heterocycles. The Hall–Kier alpha value is -1.68. The van der Waals surface area contributed by atoms with Gasteiger partial charge < -0.3 is 15.7 Å². The number of aliphatic hydroxyl groups excluding tert-OH is 1. The Morgan fingerprint density at radius 3 is 2.52 bits per heavy atom. The fourth-order valence-corrected chi connectivity index (χ4v) is 2.42. The summed E-state index contributed by atoms with van der Waals surface area (Å²) in [5.41, 5.74) is 0.00802. The van der Waals surface area contributed by atoms with Crippen molar-refractivity contribution in [3.63, 3.8) is 0 Å². The molecule has 140 valence electrons. The molecule has 2 unspecified atom stereocenters. The Kier molecular flexibility index (Phi) is 6.04. The zero-order valence-electron chi connectivity index (χ0n) is 13.5. The van der Waals surface area contributed by atoms with E-state index in [1.807, 2.05) is 0 Å². The average molecular weight is 384 g/mol. The van der Waals surface area contributed by atoms with Crippen LogP contribution in [0.2, 0.25) is 0 Å². The number of hydrogen-bond donors (Lipinski definition) is 3. The summed E-state index contributed by atoms with van der Waals surface area (Å²) in [4.78, 5) is 11.7. The second-order valence-electron chi connectivity index (χ2n) is 5.57. The van der Waals surface area contributed by atoms with Gasteiger partial charge in [-0.3, -0.25) is 0 Å². The molecule has 1 aromatic heterocycles. The molecule has 6 nitrogen and oxygen atoms in total. The molecule has 25 heavy (non-hydrogen) atoms. The zero-order valence-corrected chi connectivity index (χ0v) is 14.3. The van der Waals surface area contributed by atoms with Gasteiger partial charge in [0.05, 0.1) is 5.38 Å². The highest BCUT2D eigenvalue weighted by molar-refractivity contribution is 6.21. The van der Waals surface area contributed by atoms with Gasteiger partial charge in [0.25, 0.3) is 0 Å². The van der Waals surface area contributed by atoms with Crippen LogP contribution in [-0.4, -0.2) is 50.3 Å². The maximum absolute atomic E-state index is 14.3. The molecular weight excluding hydrogens is 366 g/mol. The van der Waals surface area contributed by atoms with Crippen molar-refractivity contribution in [3.05, 3.63) is 11.7 Å². The van der Waals surface area contributed by atoms with Crippen molar-refractivity contribution in [2.45, 2.75) is 50.4 Å². The fraction of sp³-hybridized carbons (Fsp3) is 0.643. The molecule has 1 aromatic rings. The average Bonchev–Trinajstić information content (AvgIpc) is 2.52. The lowest BCUT2D eigenvalue weighted by atomic mass is 9.95. The summed E-state index contributed by atoms with van der Waals surface area (Å²) in [5.74, 6) is -1.35. The van der Waals surface area contributed by atoms with Crippen LogP contribution in [0.4, 0.5) is 29.5 Å². The molecule has 1 aliphatic carbocycles. The van der Waals surface area contributed by atoms with Crippen LogP contribution in [0.15, 0.2) is 5.83 Å². The van der Waals surface area contributed by atoms with Crippen LogP contribution in [0.3, 0.4) is 0 Å². The van der Waals surface area contributed by atoms with Gasteiger partial charge in [0, 0.05) is 12.1 Å². The first-order valence-electron chi connectivity index (χ1n) is 7.67. The summed E-state index contributed by atoms with van der Waals surface area (Å²) in [6.07, 6.45) is -5.56. The first-order chi connectivity index (χ1) is 11.6. The summed E-state index contributed by atoms with van der Waals surface area (Å²) in [7, 11) is 0. The van der Waals surface area contributed by atoms with E-state index in [0.29, 0.717) is 6.54 Å². The monoisotopic (exact) mass is 383 g/mol. The van der Waals surface area contributed by atoms with E-state index in [-0.39, 0.29) is 36.1 Å². The summed E-state index contributed by atoms with van der Waals surface area (Å²) < 4.78 is 52.5. The second kappa shape index (κ2) is 7.69. The molecule has 0 aromatic carbocycles. The Labute approximate surface area is 146 Å². The maximum Gasteiger partial charge on any atom is 0.408 e. The molecular formula is C14H18ClF4N5O. The number of nitrogens with zero attached hydrogens (tertiary/aromatic N) is 3. The Morgan fingerprint density at radius 1 is 1.28 bits per heavy atom. The minimum absolute atomic E-state index is 0.00663. The molecule has 0 bridgehead atoms. The quantitative estimate of drug-likeness (QED) is 0.535. The van der Waals surface area contributed by atoms with Crippen molar-refractivity contribution in [3.8, 4) is 0 Å². The van der Waals surface area contributed by atoms with E-state index in [1.165, 1.54) is 0 Å². The molecule has 3 N–H and O–H groups in total. The molecule has 3 atom stereocenters. The predicted octanol–water partition coefficient (Wildman–Crippen LogP) is 3.11. The molecule has 0 amide bonds. The summed E-state index contributed by atoms with van der Waals surface area (Å²) in [6.45, 7) is 3.07. The first kappa shape index (κ1) is 19.6. The van der Waals surface area contributed by atoms with Crippen LogP contribution in [0.5, 0.6) is 0 Å². The highest BCUT2D eigenvalue weighted by Gasteiger charge is 2.37. The highest BCUT2D eigenvalue weighted by atomic mass is 35.5. The van der Waals surface area contributed by atoms with E-state index in [0.717, 1.165) is 6.92 Å². The van der Waals surface area contributed by atoms with E-state index in [4.69, 9.17) is 11.6 Å². The van der Waals surface area contributed by atoms with Crippen LogP contribution in [0.25, 0.3) is 5.57 Å². The van der Waals surface area contributed by atoms with E-state index >= 15 is 0 Å². The number of anilines is 2. The van der Waals surface area contributed by atoms with E-state index in [2.05, 4.69) is 25.6 Å². The smallest absolute Gasteiger partial charge is 0.384 e. The van der Waals surface area contributed by atoms with Crippen LogP contribution in [0, 0.1) is 0 Å². The van der Waals surface area contributed by atoms with E-state index < -0.39 is 29.5 Å². The van der Waals surface area contributed by atoms with Crippen LogP contribution in [0.1, 0.15) is 32.5 Å². The van der Waals surface area contributed by atoms with Crippen LogP contribution >= 0.6 is 11.6 Å². The lowest BCUT2D eigenvalue weighted by Crippen LogP contribution is -2.34. The first-order valence-corrected chi connectivity index (χ1v) is 8.11. The highest BCUT2D eigenvalue weighted by Crippen LogP contribution is 2.35. The Balaban J connectivity index is 2.41. The van der Waals surface area contributed by atoms with Crippen molar-refractivity contribution in [1.82, 2.24) is 15.0 Å². The lowest BCUT2D eigenvalue weighted by molar-refractivity contribution is -0.138. The number of hydrogen-bond acceptors (Lipinski definition) is 6. The van der Waals surface area contributed by atoms with Crippen molar-refractivity contribution in [2.75, 3.05) is 17.2 Å². The fourth-order valence-electron chi connectivity index (χ4n) is 2.20. The zero-order chi connectivity index (χ0) is 18.8. The van der Waals surface area contributed by atoms with Crippen LogP contribution in [-0.2, 0) is 0 Å². The van der Waals surface area contributed by atoms with Crippen LogP contribution < -0.4 is 10.6 Å². The molecule has 2 rings (SSSR count). The summed E-state index contributed by atoms with van der Waals surface area (Å²) >= 11 is 5.82. The van der Waals surface area contributed by atoms with Crippen molar-refractivity contribution < 1.29 is 22.7 Å². The summed E-state index contributed by atoms with van der Waals surface area (Å²) in [6, 6.07) is -1.90. The third-order valence-corrected chi connectivity index (χ3v) is 4.09. The largest absolute Gasteiger partial charge is 0.408 e. The van der Waals surface area contributed by atoms with Gasteiger partial charge in [-0.25, -0.2) is 4.39 Å². The molecule has 0 saturated heterocycles. The van der Waals surface area contributed by atoms with Gasteiger partial charge >= 0.3 is 6.18 Å². The summed E-state index contributed by atoms with van der Waals surface area (Å²) in [5, 5.41) is 13.9. The third kappa shape index (κ3) is 4.69. The van der Waals surface area contributed by atoms with Crippen molar-refractivity contribution in [1.29, 1.82) is 0 Å². The minimum Gasteiger partial charge on any atom is -0.384 e. The maximum atomic E-state index is 14.3. The molecule has 0 saturated carbocycles. The number of aliphatic hydroxyl groups is 1. The van der Waals surface area contributed by atoms with Crippen molar-refractivity contribution >= 4 is 29.1 Å². The molecule has 1 aliphatic rings. The second-order valence-corrected chi connectivity index (χ2v) is 6.13. The molecule has 0 radical (unpaired) electrons. The van der Waals surface area contributed by atoms with Gasteiger partial charge in [-0.2, -0.15) is 28.1 Å². The van der Waals surface area contributed by atoms with E-state index in [9.17, 15) is 22.7 Å². The topological polar surface area (TPSA) is 83.0 Å². The molecule has 0 spiro atoms. The number of halogens is 5. The van der Waals surface area contributed by atoms with Gasteiger partial charge in [-0.05, 0) is 26.7 Å². The van der Waals surface area contributed by atoms with Gasteiger partial charge in [-0.1, -0.05) is 0 Å². The number of alkyl halides is 4. The normalized spacial score (nSPS) is 22.7. The molecule has 0 fully saturated rings. The van der Waals surface area contributed by atoms with Gasteiger partial charge in [-0.15, -0.1) is 11.6 Å². The number of allylic oxidation sites excluding steroid dienone is 1. The van der Waals surface area contributed by atoms with Gasteiger partial charge in [0.15, 0.2) is 5.82 Å². The Morgan fingerprint density at radius 2 is 1.92 bits per heavy atom. The van der Waals surface area contributed by atoms with Gasteiger partial charge in [0.2, 0.25) is 11.9 Å². The lowest BCUT2D eigenvalue weighted by Gasteiger charge is -2.24. The standard InChI is InChI=1S/C14H18ClF4N5O/c1-3-20-12-22-11(7-4-5-8(15)10(25)9(7)16)23-13(24-12)21-6(2)14(17,18)19/h6,8,10,25H,3-5H2,1-2H3,(H2,20,21,22,23,24)/t6-,8?,10?/m1/s1. The van der Waals surface area contributed by atoms with Gasteiger partial charge in [0.1, 0.15) is 18.0 Å². The SMILES string of the molecule is CCNc1nc(N[C@H](C)C(F)(F)F)nc(C2=C(F)C(O)C(Cl)CC2)n1. The third-order valence-electron chi connectivity index (χ3n) is 3.64. The predicted molar refractivity (Wildman–Crippen MR) is 86.0 cm³/mol. The van der Waals surface area contributed by atoms with Crippen molar-refractivity contribution in [2.24, 2.45) is 0 Å². The Bertz CT molecular complexity index is 655. The molecule has 1 heterocycles. The number of rotatable bonds is 5. The minimum atomic E-state index is -4.50. The number of nitrogens with one attached hydrogen (secondary N) is 2. The van der Waals surface area contributed by atoms with E-state index in [1.54, 1.807) is 6.92 Å². The number of aromatic nitrogens is 3. The molecule has 11 heteroatoms.